The first-order valence-corrected chi connectivity index (χ1v) is 7.44. The molecule has 1 unspecified atom stereocenters. The van der Waals surface area contributed by atoms with Crippen molar-refractivity contribution < 1.29 is 8.81 Å². The number of hydrogen-bond donors (Lipinski definition) is 1. The minimum atomic E-state index is -1.44. The zero-order valence-electron chi connectivity index (χ0n) is 13.3. The summed E-state index contributed by atoms with van der Waals surface area (Å²) in [5.41, 5.74) is -0.444. The lowest BCUT2D eigenvalue weighted by Gasteiger charge is -2.22. The van der Waals surface area contributed by atoms with Crippen molar-refractivity contribution >= 4 is 11.1 Å². The van der Waals surface area contributed by atoms with Crippen LogP contribution in [0.5, 0.6) is 0 Å². The summed E-state index contributed by atoms with van der Waals surface area (Å²) in [6, 6.07) is 1.32. The SMILES string of the molecule is CCC(C)(C)CCc1cc(=O)oc2nc(C(C)F)[nH]c(=O)c12. The number of halogens is 1. The Hall–Kier alpha value is -1.98. The highest BCUT2D eigenvalue weighted by molar-refractivity contribution is 5.75. The van der Waals surface area contributed by atoms with E-state index < -0.39 is 17.4 Å². The summed E-state index contributed by atoms with van der Waals surface area (Å²) in [7, 11) is 0. The van der Waals surface area contributed by atoms with Gasteiger partial charge in [-0.25, -0.2) is 9.18 Å². The fourth-order valence-corrected chi connectivity index (χ4v) is 2.20. The molecule has 0 bridgehead atoms. The van der Waals surface area contributed by atoms with Gasteiger partial charge in [-0.1, -0.05) is 27.2 Å². The Morgan fingerprint density at radius 2 is 2.09 bits per heavy atom. The van der Waals surface area contributed by atoms with E-state index in [0.29, 0.717) is 12.0 Å². The van der Waals surface area contributed by atoms with E-state index in [1.54, 1.807) is 0 Å². The molecule has 2 aromatic heterocycles. The van der Waals surface area contributed by atoms with Crippen molar-refractivity contribution in [2.75, 3.05) is 0 Å². The maximum Gasteiger partial charge on any atom is 0.337 e. The van der Waals surface area contributed by atoms with Gasteiger partial charge >= 0.3 is 5.63 Å². The molecule has 6 heteroatoms. The lowest BCUT2D eigenvalue weighted by Crippen LogP contribution is -2.18. The molecule has 0 aliphatic rings. The van der Waals surface area contributed by atoms with Gasteiger partial charge in [-0.05, 0) is 30.7 Å². The molecule has 0 radical (unpaired) electrons. The molecule has 0 saturated carbocycles. The van der Waals surface area contributed by atoms with Crippen LogP contribution < -0.4 is 11.2 Å². The highest BCUT2D eigenvalue weighted by Crippen LogP contribution is 2.27. The fraction of sp³-hybridized carbons (Fsp3) is 0.562. The smallest absolute Gasteiger partial charge is 0.337 e. The van der Waals surface area contributed by atoms with E-state index in [-0.39, 0.29) is 22.3 Å². The van der Waals surface area contributed by atoms with Crippen molar-refractivity contribution in [1.82, 2.24) is 9.97 Å². The number of nitrogens with zero attached hydrogens (tertiary/aromatic N) is 1. The predicted molar refractivity (Wildman–Crippen MR) is 82.8 cm³/mol. The highest BCUT2D eigenvalue weighted by atomic mass is 19.1. The zero-order valence-corrected chi connectivity index (χ0v) is 13.3. The van der Waals surface area contributed by atoms with Crippen LogP contribution in [0.25, 0.3) is 11.1 Å². The third-order valence-corrected chi connectivity index (χ3v) is 4.12. The predicted octanol–water partition coefficient (Wildman–Crippen LogP) is 3.28. The first-order chi connectivity index (χ1) is 10.2. The number of aryl methyl sites for hydroxylation is 1. The van der Waals surface area contributed by atoms with Crippen LogP contribution >= 0.6 is 0 Å². The number of fused-ring (bicyclic) bond motifs is 1. The zero-order chi connectivity index (χ0) is 16.5. The molecular formula is C16H21FN2O3. The maximum absolute atomic E-state index is 13.3. The van der Waals surface area contributed by atoms with Crippen LogP contribution in [0, 0.1) is 5.41 Å². The average molecular weight is 308 g/mol. The van der Waals surface area contributed by atoms with Crippen LogP contribution in [-0.4, -0.2) is 9.97 Å². The number of H-pyrrole nitrogens is 1. The molecule has 1 N–H and O–H groups in total. The van der Waals surface area contributed by atoms with Crippen LogP contribution in [-0.2, 0) is 6.42 Å². The molecule has 5 nitrogen and oxygen atoms in total. The molecule has 0 amide bonds. The monoisotopic (exact) mass is 308 g/mol. The molecule has 120 valence electrons. The van der Waals surface area contributed by atoms with Crippen LogP contribution in [0.3, 0.4) is 0 Å². The maximum atomic E-state index is 13.3. The second-order valence-corrected chi connectivity index (χ2v) is 6.36. The van der Waals surface area contributed by atoms with Gasteiger partial charge in [0.05, 0.1) is 0 Å². The summed E-state index contributed by atoms with van der Waals surface area (Å²) in [4.78, 5) is 30.2. The van der Waals surface area contributed by atoms with Gasteiger partial charge in [-0.15, -0.1) is 0 Å². The normalized spacial score (nSPS) is 13.5. The minimum Gasteiger partial charge on any atom is -0.403 e. The van der Waals surface area contributed by atoms with Crippen molar-refractivity contribution in [3.63, 3.8) is 0 Å². The standard InChI is InChI=1S/C16H21FN2O3/c1-5-16(3,4)7-6-10-8-11(20)22-15-12(10)14(21)18-13(19-15)9(2)17/h8-9H,5-7H2,1-4H3,(H,18,19,21). The molecular weight excluding hydrogens is 287 g/mol. The van der Waals surface area contributed by atoms with Gasteiger partial charge in [0.25, 0.3) is 5.56 Å². The third-order valence-electron chi connectivity index (χ3n) is 4.12. The van der Waals surface area contributed by atoms with Crippen molar-refractivity contribution in [1.29, 1.82) is 0 Å². The lowest BCUT2D eigenvalue weighted by atomic mass is 9.84. The summed E-state index contributed by atoms with van der Waals surface area (Å²) in [6.07, 6.45) is 0.941. The molecule has 22 heavy (non-hydrogen) atoms. The quantitative estimate of drug-likeness (QED) is 0.919. The van der Waals surface area contributed by atoms with Crippen molar-refractivity contribution in [3.05, 3.63) is 38.2 Å². The third kappa shape index (κ3) is 3.43. The second-order valence-electron chi connectivity index (χ2n) is 6.36. The van der Waals surface area contributed by atoms with E-state index in [9.17, 15) is 14.0 Å². The van der Waals surface area contributed by atoms with Crippen molar-refractivity contribution in [2.24, 2.45) is 5.41 Å². The van der Waals surface area contributed by atoms with E-state index in [2.05, 4.69) is 30.7 Å². The summed E-state index contributed by atoms with van der Waals surface area (Å²) in [5.74, 6) is -0.133. The Kier molecular flexibility index (Phi) is 4.49. The highest BCUT2D eigenvalue weighted by Gasteiger charge is 2.19. The van der Waals surface area contributed by atoms with Crippen molar-refractivity contribution in [3.8, 4) is 0 Å². The summed E-state index contributed by atoms with van der Waals surface area (Å²) in [5, 5.41) is 0.232. The number of aromatic amines is 1. The summed E-state index contributed by atoms with van der Waals surface area (Å²) >= 11 is 0. The number of nitrogens with one attached hydrogen (secondary N) is 1. The van der Waals surface area contributed by atoms with Gasteiger partial charge in [0, 0.05) is 6.07 Å². The van der Waals surface area contributed by atoms with E-state index >= 15 is 0 Å². The molecule has 2 aromatic rings. The first kappa shape index (κ1) is 16.4. The minimum absolute atomic E-state index is 0.0972. The number of rotatable bonds is 5. The number of hydrogen-bond acceptors (Lipinski definition) is 4. The second kappa shape index (κ2) is 6.02. The average Bonchev–Trinajstić information content (AvgIpc) is 2.44. The molecule has 0 spiro atoms. The largest absolute Gasteiger partial charge is 0.403 e. The molecule has 0 fully saturated rings. The lowest BCUT2D eigenvalue weighted by molar-refractivity contribution is 0.322. The Morgan fingerprint density at radius 1 is 1.41 bits per heavy atom. The van der Waals surface area contributed by atoms with E-state index in [4.69, 9.17) is 4.42 Å². The Bertz CT molecular complexity index is 790. The number of aromatic nitrogens is 2. The molecule has 0 aliphatic carbocycles. The van der Waals surface area contributed by atoms with Crippen LogP contribution in [0.15, 0.2) is 20.1 Å². The van der Waals surface area contributed by atoms with E-state index in [1.807, 2.05) is 0 Å². The van der Waals surface area contributed by atoms with Gasteiger partial charge < -0.3 is 9.40 Å². The van der Waals surface area contributed by atoms with Gasteiger partial charge in [0.15, 0.2) is 6.17 Å². The van der Waals surface area contributed by atoms with Gasteiger partial charge in [-0.2, -0.15) is 4.98 Å². The Labute approximate surface area is 127 Å². The molecule has 0 aromatic carbocycles. The first-order valence-electron chi connectivity index (χ1n) is 7.44. The molecule has 2 rings (SSSR count). The van der Waals surface area contributed by atoms with E-state index in [0.717, 1.165) is 12.8 Å². The Balaban J connectivity index is 2.55. The van der Waals surface area contributed by atoms with Gasteiger partial charge in [-0.3, -0.25) is 4.79 Å². The van der Waals surface area contributed by atoms with Gasteiger partial charge in [0.2, 0.25) is 5.71 Å². The van der Waals surface area contributed by atoms with E-state index in [1.165, 1.54) is 13.0 Å². The summed E-state index contributed by atoms with van der Waals surface area (Å²) in [6.45, 7) is 7.62. The van der Waals surface area contributed by atoms with Crippen LogP contribution in [0.1, 0.15) is 58.1 Å². The van der Waals surface area contributed by atoms with Crippen LogP contribution in [0.4, 0.5) is 4.39 Å². The van der Waals surface area contributed by atoms with Gasteiger partial charge in [0.1, 0.15) is 11.2 Å². The molecule has 0 aliphatic heterocycles. The molecule has 0 saturated heterocycles. The summed E-state index contributed by atoms with van der Waals surface area (Å²) < 4.78 is 18.3. The molecule has 2 heterocycles. The Morgan fingerprint density at radius 3 is 2.68 bits per heavy atom. The number of alkyl halides is 1. The topological polar surface area (TPSA) is 76.0 Å². The molecule has 1 atom stereocenters. The van der Waals surface area contributed by atoms with Crippen molar-refractivity contribution in [2.45, 2.75) is 53.1 Å². The fourth-order valence-electron chi connectivity index (χ4n) is 2.20. The van der Waals surface area contributed by atoms with Crippen LogP contribution in [0.2, 0.25) is 0 Å².